The maximum Gasteiger partial charge on any atom is 0.225 e. The van der Waals surface area contributed by atoms with E-state index in [2.05, 4.69) is 23.4 Å². The summed E-state index contributed by atoms with van der Waals surface area (Å²) in [6, 6.07) is 7.81. The summed E-state index contributed by atoms with van der Waals surface area (Å²) in [5, 5.41) is 0.727. The van der Waals surface area contributed by atoms with Crippen molar-refractivity contribution in [2.24, 2.45) is 11.8 Å². The van der Waals surface area contributed by atoms with Gasteiger partial charge in [-0.05, 0) is 23.6 Å². The summed E-state index contributed by atoms with van der Waals surface area (Å²) in [6.45, 7) is 10.1. The third-order valence-electron chi connectivity index (χ3n) is 3.77. The zero-order chi connectivity index (χ0) is 17.7. The highest BCUT2D eigenvalue weighted by Gasteiger charge is 2.20. The fraction of sp³-hybridized carbons (Fsp3) is 0.474. The van der Waals surface area contributed by atoms with Crippen LogP contribution in [0, 0.1) is 11.8 Å². The van der Waals surface area contributed by atoms with Crippen LogP contribution >= 0.6 is 11.6 Å². The molecule has 0 aliphatic heterocycles. The molecule has 24 heavy (non-hydrogen) atoms. The van der Waals surface area contributed by atoms with Gasteiger partial charge in [-0.2, -0.15) is 0 Å². The van der Waals surface area contributed by atoms with Crippen molar-refractivity contribution in [2.45, 2.75) is 40.8 Å². The highest BCUT2D eigenvalue weighted by atomic mass is 35.5. The zero-order valence-corrected chi connectivity index (χ0v) is 15.6. The monoisotopic (exact) mass is 347 g/mol. The van der Waals surface area contributed by atoms with Gasteiger partial charge in [0.2, 0.25) is 5.91 Å². The molecule has 0 N–H and O–H groups in total. The Labute approximate surface area is 149 Å². The number of hydrogen-bond acceptors (Lipinski definition) is 2. The quantitative estimate of drug-likeness (QED) is 0.751. The molecule has 2 rings (SSSR count). The van der Waals surface area contributed by atoms with Gasteiger partial charge < -0.3 is 9.47 Å². The topological polar surface area (TPSA) is 38.1 Å². The van der Waals surface area contributed by atoms with Crippen molar-refractivity contribution in [3.63, 3.8) is 0 Å². The largest absolute Gasteiger partial charge is 0.335 e. The summed E-state index contributed by atoms with van der Waals surface area (Å²) >= 11 is 6.07. The normalized spacial score (nSPS) is 11.3. The number of aromatic nitrogens is 2. The smallest absolute Gasteiger partial charge is 0.225 e. The Balaban J connectivity index is 2.16. The van der Waals surface area contributed by atoms with Crippen molar-refractivity contribution >= 4 is 17.5 Å². The van der Waals surface area contributed by atoms with Gasteiger partial charge >= 0.3 is 0 Å². The van der Waals surface area contributed by atoms with Crippen LogP contribution in [-0.4, -0.2) is 26.9 Å². The maximum absolute atomic E-state index is 12.5. The van der Waals surface area contributed by atoms with Crippen LogP contribution < -0.4 is 0 Å². The summed E-state index contributed by atoms with van der Waals surface area (Å²) in [6.07, 6.45) is 3.73. The van der Waals surface area contributed by atoms with Gasteiger partial charge in [0.05, 0.1) is 6.54 Å². The number of rotatable bonds is 7. The lowest BCUT2D eigenvalue weighted by atomic mass is 10.1. The molecular weight excluding hydrogens is 322 g/mol. The van der Waals surface area contributed by atoms with Crippen LogP contribution in [0.5, 0.6) is 0 Å². The van der Waals surface area contributed by atoms with Crippen LogP contribution in [-0.2, 0) is 17.9 Å². The minimum Gasteiger partial charge on any atom is -0.335 e. The molecule has 0 radical (unpaired) electrons. The molecule has 0 atom stereocenters. The van der Waals surface area contributed by atoms with Gasteiger partial charge in [-0.15, -0.1) is 0 Å². The minimum absolute atomic E-state index is 0.0138. The highest BCUT2D eigenvalue weighted by molar-refractivity contribution is 6.30. The molecule has 5 heteroatoms. The lowest BCUT2D eigenvalue weighted by Crippen LogP contribution is -2.37. The van der Waals surface area contributed by atoms with Crippen LogP contribution in [0.25, 0.3) is 0 Å². The number of halogens is 1. The van der Waals surface area contributed by atoms with Crippen molar-refractivity contribution in [3.8, 4) is 0 Å². The van der Waals surface area contributed by atoms with Crippen LogP contribution in [0.1, 0.15) is 39.1 Å². The van der Waals surface area contributed by atoms with Gasteiger partial charge in [0.1, 0.15) is 5.82 Å². The molecule has 0 fully saturated rings. The molecule has 1 aromatic carbocycles. The van der Waals surface area contributed by atoms with Crippen molar-refractivity contribution in [3.05, 3.63) is 53.1 Å². The fourth-order valence-corrected chi connectivity index (χ4v) is 2.89. The average Bonchev–Trinajstić information content (AvgIpc) is 2.92. The number of nitrogens with zero attached hydrogens (tertiary/aromatic N) is 3. The molecular formula is C19H26ClN3O. The van der Waals surface area contributed by atoms with E-state index in [1.165, 1.54) is 0 Å². The van der Waals surface area contributed by atoms with Gasteiger partial charge in [0, 0.05) is 36.4 Å². The standard InChI is InChI=1S/C19H26ClN3O/c1-14(2)11-23(19(24)15(3)4)13-18-21-8-9-22(18)12-16-6-5-7-17(20)10-16/h5-10,14-15H,11-13H2,1-4H3. The Kier molecular flexibility index (Phi) is 6.44. The summed E-state index contributed by atoms with van der Waals surface area (Å²) < 4.78 is 2.08. The zero-order valence-electron chi connectivity index (χ0n) is 14.9. The Hall–Kier alpha value is -1.81. The van der Waals surface area contributed by atoms with E-state index in [9.17, 15) is 4.79 Å². The average molecular weight is 348 g/mol. The number of hydrogen-bond donors (Lipinski definition) is 0. The van der Waals surface area contributed by atoms with Crippen molar-refractivity contribution < 1.29 is 4.79 Å². The van der Waals surface area contributed by atoms with E-state index in [0.717, 1.165) is 23.0 Å². The van der Waals surface area contributed by atoms with E-state index in [0.29, 0.717) is 19.0 Å². The van der Waals surface area contributed by atoms with Crippen LogP contribution in [0.4, 0.5) is 0 Å². The highest BCUT2D eigenvalue weighted by Crippen LogP contribution is 2.15. The van der Waals surface area contributed by atoms with Gasteiger partial charge in [-0.3, -0.25) is 4.79 Å². The van der Waals surface area contributed by atoms with E-state index in [4.69, 9.17) is 11.6 Å². The predicted octanol–water partition coefficient (Wildman–Crippen LogP) is 4.23. The molecule has 130 valence electrons. The number of carbonyl (C=O) groups is 1. The molecule has 0 saturated heterocycles. The van der Waals surface area contributed by atoms with Crippen LogP contribution in [0.15, 0.2) is 36.7 Å². The Morgan fingerprint density at radius 3 is 2.67 bits per heavy atom. The van der Waals surface area contributed by atoms with E-state index in [1.807, 2.05) is 49.2 Å². The van der Waals surface area contributed by atoms with E-state index in [1.54, 1.807) is 6.20 Å². The van der Waals surface area contributed by atoms with Crippen molar-refractivity contribution in [2.75, 3.05) is 6.54 Å². The number of carbonyl (C=O) groups excluding carboxylic acids is 1. The first-order valence-electron chi connectivity index (χ1n) is 8.40. The molecule has 0 unspecified atom stereocenters. The van der Waals surface area contributed by atoms with Gasteiger partial charge in [0.25, 0.3) is 0 Å². The second-order valence-corrected chi connectivity index (χ2v) is 7.31. The third kappa shape index (κ3) is 5.10. The second kappa shape index (κ2) is 8.34. The van der Waals surface area contributed by atoms with Gasteiger partial charge in [-0.25, -0.2) is 4.98 Å². The summed E-state index contributed by atoms with van der Waals surface area (Å²) in [7, 11) is 0. The summed E-state index contributed by atoms with van der Waals surface area (Å²) in [5.41, 5.74) is 1.12. The molecule has 0 spiro atoms. The Morgan fingerprint density at radius 2 is 2.04 bits per heavy atom. The molecule has 0 aliphatic rings. The molecule has 2 aromatic rings. The fourth-order valence-electron chi connectivity index (χ4n) is 2.68. The Bertz CT molecular complexity index is 679. The molecule has 0 aliphatic carbocycles. The first kappa shape index (κ1) is 18.5. The predicted molar refractivity (Wildman–Crippen MR) is 97.9 cm³/mol. The number of benzene rings is 1. The van der Waals surface area contributed by atoms with E-state index >= 15 is 0 Å². The second-order valence-electron chi connectivity index (χ2n) is 6.87. The molecule has 4 nitrogen and oxygen atoms in total. The molecule has 0 saturated carbocycles. The molecule has 0 bridgehead atoms. The van der Waals surface area contributed by atoms with Crippen LogP contribution in [0.2, 0.25) is 5.02 Å². The third-order valence-corrected chi connectivity index (χ3v) is 4.00. The molecule has 1 amide bonds. The molecule has 1 heterocycles. The van der Waals surface area contributed by atoms with Crippen molar-refractivity contribution in [1.82, 2.24) is 14.5 Å². The maximum atomic E-state index is 12.5. The van der Waals surface area contributed by atoms with Gasteiger partial charge in [0.15, 0.2) is 0 Å². The van der Waals surface area contributed by atoms with Crippen molar-refractivity contribution in [1.29, 1.82) is 0 Å². The summed E-state index contributed by atoms with van der Waals surface area (Å²) in [4.78, 5) is 18.9. The van der Waals surface area contributed by atoms with Gasteiger partial charge in [-0.1, -0.05) is 51.4 Å². The lowest BCUT2D eigenvalue weighted by molar-refractivity contribution is -0.135. The Morgan fingerprint density at radius 1 is 1.29 bits per heavy atom. The van der Waals surface area contributed by atoms with E-state index < -0.39 is 0 Å². The number of amides is 1. The first-order valence-corrected chi connectivity index (χ1v) is 8.78. The number of imidazole rings is 1. The summed E-state index contributed by atoms with van der Waals surface area (Å²) in [5.74, 6) is 1.47. The minimum atomic E-state index is -0.0138. The first-order chi connectivity index (χ1) is 11.4. The van der Waals surface area contributed by atoms with E-state index in [-0.39, 0.29) is 11.8 Å². The molecule has 1 aromatic heterocycles. The SMILES string of the molecule is CC(C)CN(Cc1nccn1Cc1cccc(Cl)c1)C(=O)C(C)C. The lowest BCUT2D eigenvalue weighted by Gasteiger charge is -2.26. The van der Waals surface area contributed by atoms with Crippen LogP contribution in [0.3, 0.4) is 0 Å².